The van der Waals surface area contributed by atoms with Crippen molar-refractivity contribution >= 4 is 44.1 Å². The van der Waals surface area contributed by atoms with Gasteiger partial charge in [0, 0.05) is 20.1 Å². The highest BCUT2D eigenvalue weighted by Crippen LogP contribution is 2.21. The maximum atomic E-state index is 12.7. The summed E-state index contributed by atoms with van der Waals surface area (Å²) in [4.78, 5) is 1.05. The second kappa shape index (κ2) is 6.41. The van der Waals surface area contributed by atoms with Gasteiger partial charge in [-0.15, -0.1) is 11.3 Å². The SMILES string of the molecule is O=S(/C=C/c1cc(Br)cs1)Cc1ccc(F)cc1. The molecule has 0 aliphatic rings. The molecule has 0 N–H and O–H groups in total. The lowest BCUT2D eigenvalue weighted by Gasteiger charge is -1.97. The van der Waals surface area contributed by atoms with Crippen molar-refractivity contribution in [3.05, 3.63) is 61.9 Å². The van der Waals surface area contributed by atoms with Gasteiger partial charge in [-0.2, -0.15) is 0 Å². The van der Waals surface area contributed by atoms with E-state index in [9.17, 15) is 8.60 Å². The van der Waals surface area contributed by atoms with Crippen molar-refractivity contribution in [3.63, 3.8) is 0 Å². The fraction of sp³-hybridized carbons (Fsp3) is 0.0769. The van der Waals surface area contributed by atoms with Gasteiger partial charge in [0.25, 0.3) is 0 Å². The van der Waals surface area contributed by atoms with E-state index in [0.717, 1.165) is 14.9 Å². The average Bonchev–Trinajstić information content (AvgIpc) is 2.76. The molecule has 1 aromatic carbocycles. The van der Waals surface area contributed by atoms with Gasteiger partial charge in [-0.3, -0.25) is 4.21 Å². The molecule has 0 bridgehead atoms. The summed E-state index contributed by atoms with van der Waals surface area (Å²) in [5.74, 6) is 0.132. The standard InChI is InChI=1S/C13H10BrFOS2/c14-11-7-13(17-8-11)5-6-18(16)9-10-1-3-12(15)4-2-10/h1-8H,9H2/b6-5+. The van der Waals surface area contributed by atoms with E-state index in [2.05, 4.69) is 15.9 Å². The molecule has 0 amide bonds. The second-order valence-corrected chi connectivity index (χ2v) is 6.80. The quantitative estimate of drug-likeness (QED) is 0.793. The minimum atomic E-state index is -1.08. The van der Waals surface area contributed by atoms with Crippen molar-refractivity contribution in [3.8, 4) is 0 Å². The van der Waals surface area contributed by atoms with Crippen molar-refractivity contribution in [2.24, 2.45) is 0 Å². The number of rotatable bonds is 4. The van der Waals surface area contributed by atoms with Crippen molar-refractivity contribution in [1.82, 2.24) is 0 Å². The third kappa shape index (κ3) is 4.15. The van der Waals surface area contributed by atoms with Gasteiger partial charge in [0.2, 0.25) is 0 Å². The Morgan fingerprint density at radius 2 is 2.06 bits per heavy atom. The van der Waals surface area contributed by atoms with Crippen molar-refractivity contribution < 1.29 is 8.60 Å². The van der Waals surface area contributed by atoms with E-state index >= 15 is 0 Å². The molecule has 0 fully saturated rings. The van der Waals surface area contributed by atoms with Crippen molar-refractivity contribution in [1.29, 1.82) is 0 Å². The van der Waals surface area contributed by atoms with E-state index in [1.54, 1.807) is 28.9 Å². The highest BCUT2D eigenvalue weighted by molar-refractivity contribution is 9.10. The fourth-order valence-corrected chi connectivity index (χ4v) is 3.69. The molecule has 1 atom stereocenters. The van der Waals surface area contributed by atoms with Crippen molar-refractivity contribution in [2.45, 2.75) is 5.75 Å². The molecular weight excluding hydrogens is 335 g/mol. The average molecular weight is 345 g/mol. The van der Waals surface area contributed by atoms with E-state index in [4.69, 9.17) is 0 Å². The zero-order valence-electron chi connectivity index (χ0n) is 9.31. The van der Waals surface area contributed by atoms with Gasteiger partial charge in [-0.25, -0.2) is 4.39 Å². The lowest BCUT2D eigenvalue weighted by molar-refractivity contribution is 0.627. The van der Waals surface area contributed by atoms with Crippen LogP contribution in [0.4, 0.5) is 4.39 Å². The van der Waals surface area contributed by atoms with Crippen LogP contribution in [0.2, 0.25) is 0 Å². The molecule has 18 heavy (non-hydrogen) atoms. The molecule has 1 nitrogen and oxygen atoms in total. The van der Waals surface area contributed by atoms with E-state index in [0.29, 0.717) is 5.75 Å². The van der Waals surface area contributed by atoms with Crippen LogP contribution < -0.4 is 0 Å². The number of hydrogen-bond acceptors (Lipinski definition) is 2. The molecule has 2 rings (SSSR count). The third-order valence-corrected chi connectivity index (χ3v) is 4.91. The van der Waals surface area contributed by atoms with E-state index < -0.39 is 10.8 Å². The number of halogens is 2. The van der Waals surface area contributed by atoms with Gasteiger partial charge in [-0.05, 0) is 45.8 Å². The second-order valence-electron chi connectivity index (χ2n) is 3.62. The van der Waals surface area contributed by atoms with Crippen molar-refractivity contribution in [2.75, 3.05) is 0 Å². The predicted octanol–water partition coefficient (Wildman–Crippen LogP) is 4.57. The molecule has 0 saturated carbocycles. The molecule has 0 aliphatic carbocycles. The molecule has 1 heterocycles. The highest BCUT2D eigenvalue weighted by atomic mass is 79.9. The van der Waals surface area contributed by atoms with E-state index in [1.165, 1.54) is 12.1 Å². The Balaban J connectivity index is 1.96. The Hall–Kier alpha value is -0.780. The van der Waals surface area contributed by atoms with Gasteiger partial charge in [0.15, 0.2) is 0 Å². The fourth-order valence-electron chi connectivity index (χ4n) is 1.35. The Kier molecular flexibility index (Phi) is 4.86. The summed E-state index contributed by atoms with van der Waals surface area (Å²) in [6.45, 7) is 0. The largest absolute Gasteiger partial charge is 0.255 e. The van der Waals surface area contributed by atoms with Crippen LogP contribution >= 0.6 is 27.3 Å². The molecule has 5 heteroatoms. The first-order valence-corrected chi connectivity index (χ1v) is 8.23. The number of hydrogen-bond donors (Lipinski definition) is 0. The Bertz CT molecular complexity index is 575. The first-order valence-electron chi connectivity index (χ1n) is 5.17. The molecule has 2 aromatic rings. The molecule has 0 spiro atoms. The van der Waals surface area contributed by atoms with Gasteiger partial charge < -0.3 is 0 Å². The van der Waals surface area contributed by atoms with Crippen LogP contribution in [0.5, 0.6) is 0 Å². The van der Waals surface area contributed by atoms with Crippen LogP contribution in [-0.4, -0.2) is 4.21 Å². The lowest BCUT2D eigenvalue weighted by Crippen LogP contribution is -1.91. The minimum Gasteiger partial charge on any atom is -0.255 e. The first kappa shape index (κ1) is 13.6. The summed E-state index contributed by atoms with van der Waals surface area (Å²) in [5.41, 5.74) is 0.867. The Morgan fingerprint density at radius 3 is 2.67 bits per heavy atom. The lowest BCUT2D eigenvalue weighted by atomic mass is 10.2. The molecule has 0 radical (unpaired) electrons. The van der Waals surface area contributed by atoms with Gasteiger partial charge in [0.05, 0.1) is 16.6 Å². The van der Waals surface area contributed by atoms with Crippen LogP contribution in [0.15, 0.2) is 45.6 Å². The predicted molar refractivity (Wildman–Crippen MR) is 79.3 cm³/mol. The van der Waals surface area contributed by atoms with Crippen LogP contribution in [0.25, 0.3) is 6.08 Å². The van der Waals surface area contributed by atoms with Gasteiger partial charge in [-0.1, -0.05) is 12.1 Å². The zero-order chi connectivity index (χ0) is 13.0. The molecule has 94 valence electrons. The molecule has 1 aromatic heterocycles. The summed E-state index contributed by atoms with van der Waals surface area (Å²) in [6.07, 6.45) is 1.84. The van der Waals surface area contributed by atoms with E-state index in [1.807, 2.05) is 17.5 Å². The maximum absolute atomic E-state index is 12.7. The van der Waals surface area contributed by atoms with Crippen LogP contribution in [0, 0.1) is 5.82 Å². The Labute approximate surface area is 120 Å². The van der Waals surface area contributed by atoms with E-state index in [-0.39, 0.29) is 5.82 Å². The first-order chi connectivity index (χ1) is 8.63. The van der Waals surface area contributed by atoms with Gasteiger partial charge >= 0.3 is 0 Å². The van der Waals surface area contributed by atoms with Gasteiger partial charge in [0.1, 0.15) is 5.82 Å². The molecule has 0 saturated heterocycles. The summed E-state index contributed by atoms with van der Waals surface area (Å²) >= 11 is 4.95. The number of benzene rings is 1. The molecular formula is C13H10BrFOS2. The normalized spacial score (nSPS) is 13.0. The summed E-state index contributed by atoms with van der Waals surface area (Å²) in [6, 6.07) is 8.04. The summed E-state index contributed by atoms with van der Waals surface area (Å²) in [7, 11) is -1.08. The molecule has 1 unspecified atom stereocenters. The smallest absolute Gasteiger partial charge is 0.123 e. The molecule has 0 aliphatic heterocycles. The third-order valence-electron chi connectivity index (χ3n) is 2.19. The highest BCUT2D eigenvalue weighted by Gasteiger charge is 1.99. The number of thiophene rings is 1. The summed E-state index contributed by atoms with van der Waals surface area (Å²) < 4.78 is 25.5. The Morgan fingerprint density at radius 1 is 1.33 bits per heavy atom. The minimum absolute atomic E-state index is 0.275. The van der Waals surface area contributed by atoms with Crippen LogP contribution in [0.3, 0.4) is 0 Å². The zero-order valence-corrected chi connectivity index (χ0v) is 12.5. The monoisotopic (exact) mass is 344 g/mol. The summed E-state index contributed by atoms with van der Waals surface area (Å²) in [5, 5.41) is 3.64. The van der Waals surface area contributed by atoms with Crippen LogP contribution in [0.1, 0.15) is 10.4 Å². The van der Waals surface area contributed by atoms with Crippen LogP contribution in [-0.2, 0) is 16.6 Å². The topological polar surface area (TPSA) is 17.1 Å². The maximum Gasteiger partial charge on any atom is 0.123 e.